The van der Waals surface area contributed by atoms with Crippen molar-refractivity contribution < 1.29 is 19.5 Å². The average Bonchev–Trinajstić information content (AvgIpc) is 3.23. The molecule has 0 spiro atoms. The van der Waals surface area contributed by atoms with Gasteiger partial charge in [0.1, 0.15) is 12.3 Å². The van der Waals surface area contributed by atoms with Crippen molar-refractivity contribution in [3.63, 3.8) is 0 Å². The fraction of sp³-hybridized carbons (Fsp3) is 0.364. The number of carbonyl (C=O) groups excluding carboxylic acids is 1. The second kappa shape index (κ2) is 9.32. The minimum atomic E-state index is -1.90. The van der Waals surface area contributed by atoms with Gasteiger partial charge in [0.25, 0.3) is 5.91 Å². The molecule has 0 bridgehead atoms. The van der Waals surface area contributed by atoms with Gasteiger partial charge >= 0.3 is 0 Å². The first kappa shape index (κ1) is 21.4. The van der Waals surface area contributed by atoms with Crippen molar-refractivity contribution in [1.29, 1.82) is 0 Å². The van der Waals surface area contributed by atoms with Crippen LogP contribution >= 0.6 is 0 Å². The number of halogens is 1. The van der Waals surface area contributed by atoms with Crippen LogP contribution in [0, 0.1) is 29.1 Å². The number of allylic oxidation sites excluding steroid dienone is 1. The van der Waals surface area contributed by atoms with Gasteiger partial charge < -0.3 is 5.11 Å². The second-order valence-electron chi connectivity index (χ2n) is 7.03. The van der Waals surface area contributed by atoms with Crippen molar-refractivity contribution in [1.82, 2.24) is 5.48 Å². The molecular formula is C22H23FN2O3. The second-order valence-corrected chi connectivity index (χ2v) is 7.03. The largest absolute Gasteiger partial charge is 0.386 e. The van der Waals surface area contributed by atoms with Gasteiger partial charge in [-0.15, -0.1) is 0 Å². The van der Waals surface area contributed by atoms with E-state index in [0.717, 1.165) is 16.7 Å². The molecule has 0 saturated heterocycles. The number of nitrogens with zero attached hydrogens (tertiary/aromatic N) is 1. The van der Waals surface area contributed by atoms with E-state index in [2.05, 4.69) is 28.7 Å². The molecule has 0 aliphatic carbocycles. The Bertz CT molecular complexity index is 896. The summed E-state index contributed by atoms with van der Waals surface area (Å²) in [5, 5.41) is 19.2. The summed E-state index contributed by atoms with van der Waals surface area (Å²) < 4.78 is 13.2. The Kier molecular flexibility index (Phi) is 7.12. The lowest BCUT2D eigenvalue weighted by Crippen LogP contribution is -2.54. The number of rotatable bonds is 6. The number of carbonyl (C=O) groups is 1. The Balaban J connectivity index is 2.03. The predicted octanol–water partition coefficient (Wildman–Crippen LogP) is 2.22. The van der Waals surface area contributed by atoms with Gasteiger partial charge in [-0.25, -0.2) is 9.87 Å². The maximum Gasteiger partial charge on any atom is 0.252 e. The zero-order valence-corrected chi connectivity index (χ0v) is 15.9. The number of nitrogens with one attached hydrogen (secondary N) is 1. The lowest BCUT2D eigenvalue weighted by Gasteiger charge is -2.39. The van der Waals surface area contributed by atoms with E-state index in [0.29, 0.717) is 13.0 Å². The van der Waals surface area contributed by atoms with E-state index >= 15 is 0 Å². The molecule has 2 unspecified atom stereocenters. The van der Waals surface area contributed by atoms with Crippen LogP contribution in [0.15, 0.2) is 40.9 Å². The highest BCUT2D eigenvalue weighted by molar-refractivity contribution is 5.87. The summed E-state index contributed by atoms with van der Waals surface area (Å²) >= 11 is 0. The van der Waals surface area contributed by atoms with Gasteiger partial charge in [0.15, 0.2) is 0 Å². The summed E-state index contributed by atoms with van der Waals surface area (Å²) in [7, 11) is 0. The molecule has 1 amide bonds. The van der Waals surface area contributed by atoms with Crippen LogP contribution in [0.3, 0.4) is 0 Å². The third-order valence-corrected chi connectivity index (χ3v) is 5.04. The van der Waals surface area contributed by atoms with E-state index in [9.17, 15) is 14.3 Å². The highest BCUT2D eigenvalue weighted by atomic mass is 19.1. The monoisotopic (exact) mass is 382 g/mol. The Morgan fingerprint density at radius 1 is 1.25 bits per heavy atom. The maximum atomic E-state index is 13.2. The Labute approximate surface area is 164 Å². The van der Waals surface area contributed by atoms with Crippen molar-refractivity contribution in [3.8, 4) is 23.7 Å². The van der Waals surface area contributed by atoms with Gasteiger partial charge in [0.2, 0.25) is 0 Å². The van der Waals surface area contributed by atoms with Crippen molar-refractivity contribution in [3.05, 3.63) is 47.0 Å². The summed E-state index contributed by atoms with van der Waals surface area (Å²) in [6.45, 7) is 2.24. The minimum absolute atomic E-state index is 0.156. The summed E-state index contributed by atoms with van der Waals surface area (Å²) in [6.07, 6.45) is 4.22. The van der Waals surface area contributed by atoms with Crippen molar-refractivity contribution in [2.45, 2.75) is 32.3 Å². The zero-order chi connectivity index (χ0) is 20.6. The van der Waals surface area contributed by atoms with Gasteiger partial charge in [-0.05, 0) is 62.3 Å². The average molecular weight is 382 g/mol. The number of aliphatic hydroxyl groups is 1. The Morgan fingerprint density at radius 3 is 2.50 bits per heavy atom. The maximum absolute atomic E-state index is 13.2. The number of hydrogen-bond acceptors (Lipinski definition) is 4. The molecule has 0 saturated carbocycles. The van der Waals surface area contributed by atoms with Crippen molar-refractivity contribution >= 4 is 12.1 Å². The third-order valence-electron chi connectivity index (χ3n) is 5.04. The van der Waals surface area contributed by atoms with E-state index in [1.807, 2.05) is 30.3 Å². The van der Waals surface area contributed by atoms with Crippen LogP contribution in [-0.4, -0.2) is 41.3 Å². The number of aryl methyl sites for hydroxylation is 1. The zero-order valence-electron chi connectivity index (χ0n) is 15.9. The summed E-state index contributed by atoms with van der Waals surface area (Å²) in [5.74, 6) is 10.6. The fourth-order valence-electron chi connectivity index (χ4n) is 2.69. The molecule has 2 atom stereocenters. The topological polar surface area (TPSA) is 81.9 Å². The Hall–Kier alpha value is -2.93. The van der Waals surface area contributed by atoms with Crippen molar-refractivity contribution in [2.75, 3.05) is 13.2 Å². The SMILES string of the molecule is CC(O)(CF)C(C)(CCc1ccc(C#CC#CC2=CCN=C2)cc1)C(=O)NO. The van der Waals surface area contributed by atoms with Gasteiger partial charge in [0.05, 0.1) is 12.0 Å². The summed E-state index contributed by atoms with van der Waals surface area (Å²) in [5.41, 5.74) is 0.702. The summed E-state index contributed by atoms with van der Waals surface area (Å²) in [6, 6.07) is 7.37. The molecule has 1 aliphatic heterocycles. The van der Waals surface area contributed by atoms with E-state index < -0.39 is 23.6 Å². The molecule has 3 N–H and O–H groups in total. The van der Waals surface area contributed by atoms with Crippen LogP contribution in [0.25, 0.3) is 0 Å². The molecule has 28 heavy (non-hydrogen) atoms. The predicted molar refractivity (Wildman–Crippen MR) is 105 cm³/mol. The van der Waals surface area contributed by atoms with Gasteiger partial charge in [-0.3, -0.25) is 15.0 Å². The number of aliphatic imine (C=N–C) groups is 1. The first-order valence-corrected chi connectivity index (χ1v) is 8.86. The van der Waals surface area contributed by atoms with Crippen LogP contribution in [0.1, 0.15) is 31.4 Å². The number of hydroxylamine groups is 1. The quantitative estimate of drug-likeness (QED) is 0.401. The van der Waals surface area contributed by atoms with Gasteiger partial charge in [-0.1, -0.05) is 24.0 Å². The van der Waals surface area contributed by atoms with E-state index in [4.69, 9.17) is 5.21 Å². The molecule has 1 heterocycles. The molecule has 1 aromatic carbocycles. The number of hydrogen-bond donors (Lipinski definition) is 3. The molecule has 0 radical (unpaired) electrons. The third kappa shape index (κ3) is 5.07. The van der Waals surface area contributed by atoms with Crippen LogP contribution in [0.4, 0.5) is 4.39 Å². The first-order chi connectivity index (χ1) is 13.3. The minimum Gasteiger partial charge on any atom is -0.386 e. The number of alkyl halides is 1. The van der Waals surface area contributed by atoms with E-state index in [1.54, 1.807) is 6.21 Å². The van der Waals surface area contributed by atoms with E-state index in [-0.39, 0.29) is 6.42 Å². The number of amides is 1. The molecule has 0 aromatic heterocycles. The van der Waals surface area contributed by atoms with Crippen molar-refractivity contribution in [2.24, 2.45) is 10.4 Å². The Morgan fingerprint density at radius 2 is 1.93 bits per heavy atom. The van der Waals surface area contributed by atoms with E-state index in [1.165, 1.54) is 19.3 Å². The van der Waals surface area contributed by atoms with Gasteiger partial charge in [0, 0.05) is 17.4 Å². The van der Waals surface area contributed by atoms with Gasteiger partial charge in [-0.2, -0.15) is 0 Å². The lowest BCUT2D eigenvalue weighted by molar-refractivity contribution is -0.158. The lowest BCUT2D eigenvalue weighted by atomic mass is 9.70. The highest BCUT2D eigenvalue weighted by Crippen LogP contribution is 2.36. The molecule has 5 nitrogen and oxygen atoms in total. The smallest absolute Gasteiger partial charge is 0.252 e. The molecule has 1 aliphatic rings. The van der Waals surface area contributed by atoms with Crippen LogP contribution in [-0.2, 0) is 11.2 Å². The molecule has 0 fully saturated rings. The van der Waals surface area contributed by atoms with Crippen LogP contribution in [0.5, 0.6) is 0 Å². The molecule has 2 rings (SSSR count). The summed E-state index contributed by atoms with van der Waals surface area (Å²) in [4.78, 5) is 16.1. The van der Waals surface area contributed by atoms with Crippen LogP contribution in [0.2, 0.25) is 0 Å². The fourth-order valence-corrected chi connectivity index (χ4v) is 2.69. The first-order valence-electron chi connectivity index (χ1n) is 8.86. The molecule has 6 heteroatoms. The molecule has 1 aromatic rings. The molecule has 146 valence electrons. The highest BCUT2D eigenvalue weighted by Gasteiger charge is 2.49. The standard InChI is InChI=1S/C22H23FN2O3/c1-21(20(26)25-28,22(2,27)16-23)13-11-18-9-7-17(8-10-18)5-3-4-6-19-12-14-24-15-19/h7-10,12,15,27-28H,11,13-14,16H2,1-2H3,(H,25,26). The normalized spacial score (nSPS) is 16.5. The van der Waals surface area contributed by atoms with Crippen LogP contribution < -0.4 is 5.48 Å². The number of benzene rings is 1. The molecular weight excluding hydrogens is 359 g/mol.